The average Bonchev–Trinajstić information content (AvgIpc) is 2.66. The van der Waals surface area contributed by atoms with Crippen LogP contribution in [0, 0.1) is 5.92 Å². The molecular formula is C20H41IN6O2. The lowest BCUT2D eigenvalue weighted by molar-refractivity contribution is -0.123. The van der Waals surface area contributed by atoms with E-state index in [0.717, 1.165) is 78.1 Å². The molecule has 8 nitrogen and oxygen atoms in total. The molecule has 1 atom stereocenters. The van der Waals surface area contributed by atoms with Crippen LogP contribution in [0.1, 0.15) is 27.7 Å². The first-order valence-corrected chi connectivity index (χ1v) is 10.8. The van der Waals surface area contributed by atoms with Crippen molar-refractivity contribution in [3.63, 3.8) is 0 Å². The molecule has 1 unspecified atom stereocenters. The van der Waals surface area contributed by atoms with Crippen molar-refractivity contribution in [2.24, 2.45) is 10.9 Å². The number of hydrogen-bond acceptors (Lipinski definition) is 5. The molecule has 2 heterocycles. The van der Waals surface area contributed by atoms with Gasteiger partial charge in [-0.3, -0.25) is 19.6 Å². The highest BCUT2D eigenvalue weighted by atomic mass is 127. The predicted octanol–water partition coefficient (Wildman–Crippen LogP) is 0.680. The summed E-state index contributed by atoms with van der Waals surface area (Å²) in [5, 5.41) is 6.41. The molecule has 2 saturated heterocycles. The highest BCUT2D eigenvalue weighted by Crippen LogP contribution is 2.06. The summed E-state index contributed by atoms with van der Waals surface area (Å²) in [5.41, 5.74) is 0. The Hall–Kier alpha value is -0.650. The monoisotopic (exact) mass is 524 g/mol. The first-order chi connectivity index (χ1) is 13.5. The van der Waals surface area contributed by atoms with Crippen molar-refractivity contribution >= 4 is 35.8 Å². The largest absolute Gasteiger partial charge is 0.379 e. The molecule has 2 aliphatic rings. The summed E-state index contributed by atoms with van der Waals surface area (Å²) in [6.07, 6.45) is 0. The van der Waals surface area contributed by atoms with Gasteiger partial charge in [0.25, 0.3) is 0 Å². The second-order valence-corrected chi connectivity index (χ2v) is 8.20. The maximum atomic E-state index is 12.0. The number of carbonyl (C=O) groups is 1. The number of nitrogens with one attached hydrogen (secondary N) is 2. The molecule has 0 radical (unpaired) electrons. The Morgan fingerprint density at radius 2 is 1.69 bits per heavy atom. The van der Waals surface area contributed by atoms with Gasteiger partial charge in [-0.15, -0.1) is 24.0 Å². The maximum Gasteiger partial charge on any atom is 0.234 e. The molecule has 2 aliphatic heterocycles. The highest BCUT2D eigenvalue weighted by molar-refractivity contribution is 14.0. The third-order valence-corrected chi connectivity index (χ3v) is 5.05. The van der Waals surface area contributed by atoms with Crippen LogP contribution in [0.4, 0.5) is 0 Å². The van der Waals surface area contributed by atoms with Gasteiger partial charge in [0, 0.05) is 64.9 Å². The molecule has 1 amide bonds. The molecule has 29 heavy (non-hydrogen) atoms. The predicted molar refractivity (Wildman–Crippen MR) is 129 cm³/mol. The third kappa shape index (κ3) is 10.3. The van der Waals surface area contributed by atoms with Gasteiger partial charge in [0.05, 0.1) is 19.8 Å². The lowest BCUT2D eigenvalue weighted by atomic mass is 10.1. The quantitative estimate of drug-likeness (QED) is 0.277. The zero-order chi connectivity index (χ0) is 20.4. The number of amides is 1. The van der Waals surface area contributed by atoms with E-state index in [4.69, 9.17) is 9.73 Å². The molecular weight excluding hydrogens is 483 g/mol. The fourth-order valence-electron chi connectivity index (χ4n) is 3.64. The Morgan fingerprint density at radius 1 is 1.03 bits per heavy atom. The number of rotatable bonds is 8. The maximum absolute atomic E-state index is 12.0. The fraction of sp³-hybridized carbons (Fsp3) is 0.900. The van der Waals surface area contributed by atoms with Crippen LogP contribution >= 0.6 is 24.0 Å². The molecule has 0 aliphatic carbocycles. The van der Waals surface area contributed by atoms with E-state index in [2.05, 4.69) is 39.2 Å². The number of nitrogens with zero attached hydrogens (tertiary/aromatic N) is 4. The van der Waals surface area contributed by atoms with Crippen LogP contribution < -0.4 is 10.6 Å². The van der Waals surface area contributed by atoms with E-state index in [9.17, 15) is 4.79 Å². The van der Waals surface area contributed by atoms with Gasteiger partial charge in [0.2, 0.25) is 5.91 Å². The molecule has 9 heteroatoms. The molecule has 170 valence electrons. The van der Waals surface area contributed by atoms with Crippen LogP contribution in [0.5, 0.6) is 0 Å². The van der Waals surface area contributed by atoms with E-state index in [0.29, 0.717) is 12.5 Å². The van der Waals surface area contributed by atoms with Gasteiger partial charge in [-0.1, -0.05) is 6.92 Å². The van der Waals surface area contributed by atoms with Crippen LogP contribution in [0.2, 0.25) is 0 Å². The van der Waals surface area contributed by atoms with Crippen LogP contribution in [-0.4, -0.2) is 111 Å². The smallest absolute Gasteiger partial charge is 0.234 e. The molecule has 0 aromatic rings. The minimum absolute atomic E-state index is 0. The Morgan fingerprint density at radius 3 is 2.28 bits per heavy atom. The van der Waals surface area contributed by atoms with Crippen molar-refractivity contribution < 1.29 is 9.53 Å². The highest BCUT2D eigenvalue weighted by Gasteiger charge is 2.21. The SMILES string of the molecule is CCNC(=NCC(C)CN1CCOCC1)N1CCN(CC(=O)NC(C)C)CC1.I. The van der Waals surface area contributed by atoms with E-state index in [1.54, 1.807) is 0 Å². The summed E-state index contributed by atoms with van der Waals surface area (Å²) in [7, 11) is 0. The second kappa shape index (κ2) is 14.4. The summed E-state index contributed by atoms with van der Waals surface area (Å²) in [6, 6.07) is 0.195. The van der Waals surface area contributed by atoms with Gasteiger partial charge in [-0.05, 0) is 26.7 Å². The first-order valence-electron chi connectivity index (χ1n) is 10.8. The van der Waals surface area contributed by atoms with E-state index in [-0.39, 0.29) is 35.9 Å². The molecule has 0 bridgehead atoms. The van der Waals surface area contributed by atoms with Gasteiger partial charge in [0.1, 0.15) is 0 Å². The van der Waals surface area contributed by atoms with Crippen LogP contribution in [0.15, 0.2) is 4.99 Å². The fourth-order valence-corrected chi connectivity index (χ4v) is 3.64. The van der Waals surface area contributed by atoms with E-state index in [1.165, 1.54) is 0 Å². The summed E-state index contributed by atoms with van der Waals surface area (Å²) in [5.74, 6) is 1.64. The van der Waals surface area contributed by atoms with Crippen molar-refractivity contribution in [2.75, 3.05) is 78.7 Å². The Bertz CT molecular complexity index is 491. The summed E-state index contributed by atoms with van der Waals surface area (Å²) in [6.45, 7) is 19.0. The number of guanidine groups is 1. The van der Waals surface area contributed by atoms with Crippen LogP contribution in [0.25, 0.3) is 0 Å². The van der Waals surface area contributed by atoms with Crippen molar-refractivity contribution in [2.45, 2.75) is 33.7 Å². The van der Waals surface area contributed by atoms with E-state index >= 15 is 0 Å². The molecule has 2 fully saturated rings. The van der Waals surface area contributed by atoms with Crippen molar-refractivity contribution in [3.05, 3.63) is 0 Å². The normalized spacial score (nSPS) is 20.3. The number of halogens is 1. The van der Waals surface area contributed by atoms with Gasteiger partial charge >= 0.3 is 0 Å². The van der Waals surface area contributed by atoms with Gasteiger partial charge < -0.3 is 20.3 Å². The molecule has 2 rings (SSSR count). The minimum atomic E-state index is 0. The Balaban J connectivity index is 0.00000420. The zero-order valence-corrected chi connectivity index (χ0v) is 21.0. The topological polar surface area (TPSA) is 72.4 Å². The lowest BCUT2D eigenvalue weighted by Crippen LogP contribution is -2.54. The average molecular weight is 524 g/mol. The standard InChI is InChI=1S/C20H40N6O2.HI/c1-5-21-20(22-14-18(4)15-25-10-12-28-13-11-25)26-8-6-24(7-9-26)16-19(27)23-17(2)3;/h17-18H,5-16H2,1-4H3,(H,21,22)(H,23,27);1H. The number of morpholine rings is 1. The number of carbonyl (C=O) groups excluding carboxylic acids is 1. The van der Waals surface area contributed by atoms with Crippen LogP contribution in [0.3, 0.4) is 0 Å². The summed E-state index contributed by atoms with van der Waals surface area (Å²) >= 11 is 0. The van der Waals surface area contributed by atoms with Crippen molar-refractivity contribution in [1.29, 1.82) is 0 Å². The summed E-state index contributed by atoms with van der Waals surface area (Å²) < 4.78 is 5.43. The molecule has 2 N–H and O–H groups in total. The molecule has 0 aromatic carbocycles. The second-order valence-electron chi connectivity index (χ2n) is 8.20. The Labute approximate surface area is 193 Å². The third-order valence-electron chi connectivity index (χ3n) is 5.05. The number of ether oxygens (including phenoxy) is 1. The molecule has 0 saturated carbocycles. The van der Waals surface area contributed by atoms with E-state index in [1.807, 2.05) is 13.8 Å². The molecule has 0 spiro atoms. The molecule has 0 aromatic heterocycles. The zero-order valence-electron chi connectivity index (χ0n) is 18.7. The van der Waals surface area contributed by atoms with Crippen molar-refractivity contribution in [1.82, 2.24) is 25.3 Å². The lowest BCUT2D eigenvalue weighted by Gasteiger charge is -2.36. The summed E-state index contributed by atoms with van der Waals surface area (Å²) in [4.78, 5) is 23.9. The van der Waals surface area contributed by atoms with Gasteiger partial charge in [-0.25, -0.2) is 0 Å². The van der Waals surface area contributed by atoms with E-state index < -0.39 is 0 Å². The number of hydrogen-bond donors (Lipinski definition) is 2. The van der Waals surface area contributed by atoms with Gasteiger partial charge in [-0.2, -0.15) is 0 Å². The first kappa shape index (κ1) is 26.4. The number of aliphatic imine (C=N–C) groups is 1. The Kier molecular flexibility index (Phi) is 13.1. The minimum Gasteiger partial charge on any atom is -0.379 e. The van der Waals surface area contributed by atoms with Crippen LogP contribution in [-0.2, 0) is 9.53 Å². The van der Waals surface area contributed by atoms with Crippen molar-refractivity contribution in [3.8, 4) is 0 Å². The number of piperazine rings is 1. The van der Waals surface area contributed by atoms with Gasteiger partial charge in [0.15, 0.2) is 5.96 Å².